The first-order valence-electron chi connectivity index (χ1n) is 19.0. The van der Waals surface area contributed by atoms with Crippen LogP contribution >= 0.6 is 0 Å². The zero-order chi connectivity index (χ0) is 37.8. The standard InChI is InChI=1S/C52H28N4O/c53-29-35-28-48(36(30-54)27-47(35)55-43-15-7-5-14-40(43)51-37-11-3-1-9-31(37)17-22-45(51)55)56-44-21-19-33(26-42(44)52-38-12-4-2-10-32(38)18-23-46(52)56)34-20-24-50-41(25-34)39-13-6-8-16-49(39)57-50/h1-28H. The van der Waals surface area contributed by atoms with E-state index in [0.29, 0.717) is 22.5 Å². The van der Waals surface area contributed by atoms with Crippen LogP contribution in [0, 0.1) is 22.7 Å². The molecule has 0 aliphatic carbocycles. The van der Waals surface area contributed by atoms with Gasteiger partial charge in [-0.3, -0.25) is 0 Å². The predicted molar refractivity (Wildman–Crippen MR) is 232 cm³/mol. The summed E-state index contributed by atoms with van der Waals surface area (Å²) < 4.78 is 10.5. The summed E-state index contributed by atoms with van der Waals surface area (Å²) in [6.07, 6.45) is 0. The molecule has 0 aliphatic heterocycles. The van der Waals surface area contributed by atoms with Crippen molar-refractivity contribution in [1.29, 1.82) is 10.5 Å². The lowest BCUT2D eigenvalue weighted by atomic mass is 9.99. The van der Waals surface area contributed by atoms with Crippen LogP contribution in [-0.2, 0) is 0 Å². The largest absolute Gasteiger partial charge is 0.456 e. The molecule has 3 aromatic heterocycles. The van der Waals surface area contributed by atoms with E-state index in [1.807, 2.05) is 36.4 Å². The fraction of sp³-hybridized carbons (Fsp3) is 0. The highest BCUT2D eigenvalue weighted by Gasteiger charge is 2.23. The summed E-state index contributed by atoms with van der Waals surface area (Å²) >= 11 is 0. The molecule has 0 amide bonds. The molecule has 12 aromatic rings. The second kappa shape index (κ2) is 11.7. The smallest absolute Gasteiger partial charge is 0.135 e. The minimum atomic E-state index is 0.476. The van der Waals surface area contributed by atoms with E-state index >= 15 is 0 Å². The average Bonchev–Trinajstić information content (AvgIpc) is 3.93. The number of fused-ring (bicyclic) bond motifs is 13. The first-order chi connectivity index (χ1) is 28.2. The van der Waals surface area contributed by atoms with E-state index in [1.54, 1.807) is 0 Å². The highest BCUT2D eigenvalue weighted by molar-refractivity contribution is 6.23. The van der Waals surface area contributed by atoms with Gasteiger partial charge in [0.25, 0.3) is 0 Å². The number of hydrogen-bond donors (Lipinski definition) is 0. The molecule has 5 heteroatoms. The van der Waals surface area contributed by atoms with Crippen LogP contribution in [0.25, 0.3) is 110 Å². The van der Waals surface area contributed by atoms with Gasteiger partial charge in [-0.25, -0.2) is 0 Å². The first kappa shape index (κ1) is 31.3. The van der Waals surface area contributed by atoms with Crippen molar-refractivity contribution in [3.63, 3.8) is 0 Å². The zero-order valence-corrected chi connectivity index (χ0v) is 30.4. The van der Waals surface area contributed by atoms with Gasteiger partial charge in [-0.15, -0.1) is 0 Å². The Balaban J connectivity index is 1.13. The number of nitrogens with zero attached hydrogens (tertiary/aromatic N) is 4. The Labute approximate surface area is 325 Å². The molecule has 0 N–H and O–H groups in total. The van der Waals surface area contributed by atoms with Crippen molar-refractivity contribution in [3.05, 3.63) is 181 Å². The SMILES string of the molecule is N#Cc1cc(-n2c3ccc(-c4ccc5oc6ccccc6c5c4)cc3c3c4ccccc4ccc32)c(C#N)cc1-n1c2ccccc2c2c3ccccc3ccc21. The van der Waals surface area contributed by atoms with E-state index in [-0.39, 0.29) is 0 Å². The number of rotatable bonds is 3. The fourth-order valence-corrected chi connectivity index (χ4v) is 9.26. The summed E-state index contributed by atoms with van der Waals surface area (Å²) in [4.78, 5) is 0. The Bertz CT molecular complexity index is 3790. The summed E-state index contributed by atoms with van der Waals surface area (Å²) in [5.41, 5.74) is 10.1. The van der Waals surface area contributed by atoms with Gasteiger partial charge in [-0.05, 0) is 93.3 Å². The Morgan fingerprint density at radius 3 is 1.49 bits per heavy atom. The van der Waals surface area contributed by atoms with Gasteiger partial charge in [0.05, 0.1) is 44.6 Å². The van der Waals surface area contributed by atoms with E-state index in [1.165, 1.54) is 0 Å². The lowest BCUT2D eigenvalue weighted by Crippen LogP contribution is -2.04. The Hall–Kier alpha value is -8.12. The van der Waals surface area contributed by atoms with Gasteiger partial charge in [0.15, 0.2) is 0 Å². The molecule has 0 radical (unpaired) electrons. The molecule has 9 aromatic carbocycles. The van der Waals surface area contributed by atoms with Crippen LogP contribution in [0.1, 0.15) is 11.1 Å². The molecule has 262 valence electrons. The van der Waals surface area contributed by atoms with E-state index in [4.69, 9.17) is 4.42 Å². The van der Waals surface area contributed by atoms with Gasteiger partial charge in [-0.2, -0.15) is 10.5 Å². The second-order valence-electron chi connectivity index (χ2n) is 14.7. The van der Waals surface area contributed by atoms with Gasteiger partial charge in [-0.1, -0.05) is 109 Å². The first-order valence-corrected chi connectivity index (χ1v) is 19.0. The summed E-state index contributed by atoms with van der Waals surface area (Å²) in [5, 5.41) is 33.0. The molecule has 0 unspecified atom stereocenters. The Morgan fingerprint density at radius 1 is 0.368 bits per heavy atom. The molecular formula is C52H28N4O. The number of para-hydroxylation sites is 2. The topological polar surface area (TPSA) is 70.6 Å². The number of nitriles is 2. The minimum Gasteiger partial charge on any atom is -0.456 e. The van der Waals surface area contributed by atoms with Gasteiger partial charge in [0.2, 0.25) is 0 Å². The molecule has 0 saturated heterocycles. The molecule has 0 atom stereocenters. The maximum absolute atomic E-state index is 11.0. The number of furan rings is 1. The number of hydrogen-bond acceptors (Lipinski definition) is 3. The Morgan fingerprint density at radius 2 is 0.842 bits per heavy atom. The predicted octanol–water partition coefficient (Wildman–Crippen LogP) is 13.5. The summed E-state index contributed by atoms with van der Waals surface area (Å²) in [7, 11) is 0. The third-order valence-corrected chi connectivity index (χ3v) is 11.8. The van der Waals surface area contributed by atoms with Crippen molar-refractivity contribution < 1.29 is 4.42 Å². The van der Waals surface area contributed by atoms with Crippen molar-refractivity contribution in [2.24, 2.45) is 0 Å². The monoisotopic (exact) mass is 724 g/mol. The van der Waals surface area contributed by atoms with Gasteiger partial charge < -0.3 is 13.6 Å². The van der Waals surface area contributed by atoms with Crippen LogP contribution in [0.4, 0.5) is 0 Å². The highest BCUT2D eigenvalue weighted by Crippen LogP contribution is 2.42. The average molecular weight is 725 g/mol. The molecule has 0 aliphatic rings. The molecule has 0 saturated carbocycles. The molecule has 57 heavy (non-hydrogen) atoms. The summed E-state index contributed by atoms with van der Waals surface area (Å²) in [5.74, 6) is 0. The second-order valence-corrected chi connectivity index (χ2v) is 14.7. The van der Waals surface area contributed by atoms with Gasteiger partial charge in [0.1, 0.15) is 23.3 Å². The van der Waals surface area contributed by atoms with Gasteiger partial charge in [0, 0.05) is 32.3 Å². The quantitative estimate of drug-likeness (QED) is 0.182. The molecule has 0 bridgehead atoms. The van der Waals surface area contributed by atoms with Crippen LogP contribution < -0.4 is 0 Å². The molecule has 5 nitrogen and oxygen atoms in total. The highest BCUT2D eigenvalue weighted by atomic mass is 16.3. The molecule has 3 heterocycles. The van der Waals surface area contributed by atoms with Crippen LogP contribution in [0.15, 0.2) is 174 Å². The van der Waals surface area contributed by atoms with Gasteiger partial charge >= 0.3 is 0 Å². The van der Waals surface area contributed by atoms with E-state index in [2.05, 4.69) is 155 Å². The number of benzene rings is 9. The molecule has 12 rings (SSSR count). The van der Waals surface area contributed by atoms with Crippen molar-refractivity contribution in [1.82, 2.24) is 9.13 Å². The molecular weight excluding hydrogens is 697 g/mol. The van der Waals surface area contributed by atoms with Crippen LogP contribution in [0.3, 0.4) is 0 Å². The van der Waals surface area contributed by atoms with Crippen molar-refractivity contribution in [2.45, 2.75) is 0 Å². The lowest BCUT2D eigenvalue weighted by molar-refractivity contribution is 0.669. The maximum Gasteiger partial charge on any atom is 0.135 e. The van der Waals surface area contributed by atoms with Crippen molar-refractivity contribution in [2.75, 3.05) is 0 Å². The summed E-state index contributed by atoms with van der Waals surface area (Å²) in [6, 6.07) is 63.6. The van der Waals surface area contributed by atoms with Crippen LogP contribution in [0.2, 0.25) is 0 Å². The maximum atomic E-state index is 11.0. The summed E-state index contributed by atoms with van der Waals surface area (Å²) in [6.45, 7) is 0. The van der Waals surface area contributed by atoms with Crippen LogP contribution in [-0.4, -0.2) is 9.13 Å². The third kappa shape index (κ3) is 4.37. The van der Waals surface area contributed by atoms with Crippen molar-refractivity contribution in [3.8, 4) is 34.6 Å². The van der Waals surface area contributed by atoms with Crippen LogP contribution in [0.5, 0.6) is 0 Å². The number of aromatic nitrogens is 2. The third-order valence-electron chi connectivity index (χ3n) is 11.8. The van der Waals surface area contributed by atoms with E-state index in [9.17, 15) is 10.5 Å². The fourth-order valence-electron chi connectivity index (χ4n) is 9.26. The van der Waals surface area contributed by atoms with E-state index < -0.39 is 0 Å². The normalized spacial score (nSPS) is 11.8. The van der Waals surface area contributed by atoms with E-state index in [0.717, 1.165) is 98.2 Å². The zero-order valence-electron chi connectivity index (χ0n) is 30.4. The molecule has 0 fully saturated rings. The molecule has 0 spiro atoms. The van der Waals surface area contributed by atoms with Crippen molar-refractivity contribution >= 4 is 87.1 Å². The minimum absolute atomic E-state index is 0.476. The Kier molecular flexibility index (Phi) is 6.41. The lowest BCUT2D eigenvalue weighted by Gasteiger charge is -2.16.